The summed E-state index contributed by atoms with van der Waals surface area (Å²) in [5.41, 5.74) is 1.50. The highest BCUT2D eigenvalue weighted by Gasteiger charge is 2.20. The number of hydrogen-bond donors (Lipinski definition) is 1. The van der Waals surface area contributed by atoms with Crippen LogP contribution in [-0.4, -0.2) is 56.0 Å². The van der Waals surface area contributed by atoms with Gasteiger partial charge in [0, 0.05) is 32.2 Å². The van der Waals surface area contributed by atoms with Gasteiger partial charge >= 0.3 is 0 Å². The predicted octanol–water partition coefficient (Wildman–Crippen LogP) is 2.16. The number of likely N-dealkylation sites (N-methyl/N-ethyl adjacent to an activating group) is 1. The van der Waals surface area contributed by atoms with Crippen LogP contribution in [0.2, 0.25) is 5.02 Å². The lowest BCUT2D eigenvalue weighted by molar-refractivity contribution is 0.0827. The van der Waals surface area contributed by atoms with Gasteiger partial charge in [0.25, 0.3) is 5.91 Å². The molecular formula is C14H20ClN3O. The van der Waals surface area contributed by atoms with Crippen LogP contribution in [0, 0.1) is 0 Å². The molecule has 0 saturated carbocycles. The molecule has 0 aromatic heterocycles. The van der Waals surface area contributed by atoms with Crippen molar-refractivity contribution in [3.05, 3.63) is 28.8 Å². The monoisotopic (exact) mass is 281 g/mol. The number of nitrogens with zero attached hydrogens (tertiary/aromatic N) is 2. The number of carbonyl (C=O) groups excluding carboxylic acids is 1. The third kappa shape index (κ3) is 3.39. The van der Waals surface area contributed by atoms with Gasteiger partial charge in [-0.1, -0.05) is 11.6 Å². The molecular weight excluding hydrogens is 262 g/mol. The molecule has 1 aliphatic rings. The molecule has 1 unspecified atom stereocenters. The van der Waals surface area contributed by atoms with Gasteiger partial charge in [0.05, 0.1) is 10.7 Å². The van der Waals surface area contributed by atoms with Crippen molar-refractivity contribution >= 4 is 23.2 Å². The van der Waals surface area contributed by atoms with Gasteiger partial charge in [-0.3, -0.25) is 4.79 Å². The molecule has 1 saturated heterocycles. The molecule has 1 aromatic rings. The number of nitrogens with one attached hydrogen (secondary N) is 1. The first kappa shape index (κ1) is 14.2. The van der Waals surface area contributed by atoms with Crippen molar-refractivity contribution in [1.29, 1.82) is 0 Å². The molecule has 2 rings (SSSR count). The van der Waals surface area contributed by atoms with Crippen LogP contribution in [0.1, 0.15) is 16.8 Å². The summed E-state index contributed by atoms with van der Waals surface area (Å²) in [6.07, 6.45) is 1.10. The van der Waals surface area contributed by atoms with Gasteiger partial charge in [0.1, 0.15) is 0 Å². The number of carbonyl (C=O) groups is 1. The molecule has 1 aromatic carbocycles. The summed E-state index contributed by atoms with van der Waals surface area (Å²) in [6.45, 7) is 2.09. The van der Waals surface area contributed by atoms with Crippen LogP contribution in [0.4, 0.5) is 5.69 Å². The Morgan fingerprint density at radius 1 is 1.47 bits per heavy atom. The van der Waals surface area contributed by atoms with E-state index in [2.05, 4.69) is 17.3 Å². The van der Waals surface area contributed by atoms with Gasteiger partial charge in [-0.15, -0.1) is 0 Å². The summed E-state index contributed by atoms with van der Waals surface area (Å²) < 4.78 is 0. The average Bonchev–Trinajstić information content (AvgIpc) is 2.76. The van der Waals surface area contributed by atoms with E-state index in [0.717, 1.165) is 25.2 Å². The third-order valence-corrected chi connectivity index (χ3v) is 3.70. The first-order chi connectivity index (χ1) is 8.97. The van der Waals surface area contributed by atoms with Gasteiger partial charge in [0.15, 0.2) is 0 Å². The number of rotatable bonds is 3. The molecule has 0 radical (unpaired) electrons. The molecule has 1 N–H and O–H groups in total. The minimum Gasteiger partial charge on any atom is -0.380 e. The fourth-order valence-corrected chi connectivity index (χ4v) is 2.47. The summed E-state index contributed by atoms with van der Waals surface area (Å²) in [7, 11) is 5.60. The molecule has 1 atom stereocenters. The lowest BCUT2D eigenvalue weighted by atomic mass is 10.1. The lowest BCUT2D eigenvalue weighted by Crippen LogP contribution is -2.24. The summed E-state index contributed by atoms with van der Waals surface area (Å²) in [5.74, 6) is -0.0109. The van der Waals surface area contributed by atoms with E-state index in [-0.39, 0.29) is 5.91 Å². The molecule has 0 spiro atoms. The zero-order valence-electron chi connectivity index (χ0n) is 11.6. The van der Waals surface area contributed by atoms with Gasteiger partial charge < -0.3 is 15.1 Å². The molecule has 0 bridgehead atoms. The maximum Gasteiger partial charge on any atom is 0.253 e. The van der Waals surface area contributed by atoms with Crippen molar-refractivity contribution in [2.45, 2.75) is 12.5 Å². The van der Waals surface area contributed by atoms with E-state index in [1.807, 2.05) is 6.07 Å². The van der Waals surface area contributed by atoms with Crippen LogP contribution in [0.5, 0.6) is 0 Å². The first-order valence-electron chi connectivity index (χ1n) is 6.43. The number of likely N-dealkylation sites (tertiary alicyclic amines) is 1. The lowest BCUT2D eigenvalue weighted by Gasteiger charge is -2.17. The Hall–Kier alpha value is -1.26. The molecule has 1 aliphatic heterocycles. The molecule has 19 heavy (non-hydrogen) atoms. The zero-order valence-corrected chi connectivity index (χ0v) is 12.4. The van der Waals surface area contributed by atoms with Crippen molar-refractivity contribution < 1.29 is 4.79 Å². The second kappa shape index (κ2) is 5.80. The van der Waals surface area contributed by atoms with Crippen LogP contribution in [0.25, 0.3) is 0 Å². The van der Waals surface area contributed by atoms with Gasteiger partial charge in [0.2, 0.25) is 0 Å². The first-order valence-corrected chi connectivity index (χ1v) is 6.81. The van der Waals surface area contributed by atoms with Crippen molar-refractivity contribution in [3.63, 3.8) is 0 Å². The number of anilines is 1. The summed E-state index contributed by atoms with van der Waals surface area (Å²) in [6, 6.07) is 5.77. The van der Waals surface area contributed by atoms with Crippen molar-refractivity contribution in [3.8, 4) is 0 Å². The Kier molecular flexibility index (Phi) is 4.32. The van der Waals surface area contributed by atoms with Crippen molar-refractivity contribution in [1.82, 2.24) is 9.80 Å². The fraction of sp³-hybridized carbons (Fsp3) is 0.500. The normalized spacial score (nSPS) is 19.5. The van der Waals surface area contributed by atoms with Crippen LogP contribution in [0.3, 0.4) is 0 Å². The minimum atomic E-state index is -0.0109. The number of hydrogen-bond acceptors (Lipinski definition) is 3. The molecule has 5 heteroatoms. The van der Waals surface area contributed by atoms with E-state index in [9.17, 15) is 4.79 Å². The molecule has 4 nitrogen and oxygen atoms in total. The van der Waals surface area contributed by atoms with Crippen molar-refractivity contribution in [2.75, 3.05) is 39.5 Å². The summed E-state index contributed by atoms with van der Waals surface area (Å²) >= 11 is 6.19. The van der Waals surface area contributed by atoms with Gasteiger partial charge in [-0.05, 0) is 38.2 Å². The standard InChI is InChI=1S/C14H20ClN3O/c1-17(2)14(19)10-4-5-12(15)13(8-10)16-11-6-7-18(3)9-11/h4-5,8,11,16H,6-7,9H2,1-3H3. The Bertz CT molecular complexity index is 476. The Labute approximate surface area is 119 Å². The van der Waals surface area contributed by atoms with Gasteiger partial charge in [-0.2, -0.15) is 0 Å². The van der Waals surface area contributed by atoms with E-state index < -0.39 is 0 Å². The second-order valence-electron chi connectivity index (χ2n) is 5.29. The average molecular weight is 282 g/mol. The molecule has 1 fully saturated rings. The molecule has 0 aliphatic carbocycles. The highest BCUT2D eigenvalue weighted by molar-refractivity contribution is 6.33. The quantitative estimate of drug-likeness (QED) is 0.922. The molecule has 1 amide bonds. The minimum absolute atomic E-state index is 0.0109. The smallest absolute Gasteiger partial charge is 0.253 e. The Morgan fingerprint density at radius 3 is 2.79 bits per heavy atom. The molecule has 1 heterocycles. The maximum absolute atomic E-state index is 11.9. The van der Waals surface area contributed by atoms with Crippen LogP contribution in [0.15, 0.2) is 18.2 Å². The fourth-order valence-electron chi connectivity index (χ4n) is 2.30. The van der Waals surface area contributed by atoms with E-state index in [4.69, 9.17) is 11.6 Å². The van der Waals surface area contributed by atoms with Crippen LogP contribution in [-0.2, 0) is 0 Å². The second-order valence-corrected chi connectivity index (χ2v) is 5.69. The SMILES string of the molecule is CN1CCC(Nc2cc(C(=O)N(C)C)ccc2Cl)C1. The van der Waals surface area contributed by atoms with Crippen molar-refractivity contribution in [2.24, 2.45) is 0 Å². The summed E-state index contributed by atoms with van der Waals surface area (Å²) in [5, 5.41) is 4.09. The number of benzene rings is 1. The number of amides is 1. The largest absolute Gasteiger partial charge is 0.380 e. The zero-order chi connectivity index (χ0) is 14.0. The number of halogens is 1. The van der Waals surface area contributed by atoms with E-state index >= 15 is 0 Å². The summed E-state index contributed by atoms with van der Waals surface area (Å²) in [4.78, 5) is 15.8. The maximum atomic E-state index is 11.9. The van der Waals surface area contributed by atoms with E-state index in [1.165, 1.54) is 0 Å². The van der Waals surface area contributed by atoms with E-state index in [0.29, 0.717) is 16.6 Å². The molecule has 104 valence electrons. The topological polar surface area (TPSA) is 35.6 Å². The van der Waals surface area contributed by atoms with Gasteiger partial charge in [-0.25, -0.2) is 0 Å². The Balaban J connectivity index is 2.15. The van der Waals surface area contributed by atoms with Crippen LogP contribution < -0.4 is 5.32 Å². The highest BCUT2D eigenvalue weighted by Crippen LogP contribution is 2.25. The third-order valence-electron chi connectivity index (χ3n) is 3.37. The highest BCUT2D eigenvalue weighted by atomic mass is 35.5. The Morgan fingerprint density at radius 2 is 2.21 bits per heavy atom. The van der Waals surface area contributed by atoms with E-state index in [1.54, 1.807) is 31.1 Å². The predicted molar refractivity (Wildman–Crippen MR) is 79.0 cm³/mol. The van der Waals surface area contributed by atoms with Crippen LogP contribution >= 0.6 is 11.6 Å².